The monoisotopic (exact) mass is 284 g/mol. The fourth-order valence-electron chi connectivity index (χ4n) is 2.78. The molecule has 2 aromatic rings. The number of rotatable bonds is 2. The molecule has 1 amide bonds. The first-order valence-electron chi connectivity index (χ1n) is 7.44. The van der Waals surface area contributed by atoms with Crippen LogP contribution >= 0.6 is 0 Å². The molecule has 110 valence electrons. The molecule has 5 heteroatoms. The summed E-state index contributed by atoms with van der Waals surface area (Å²) < 4.78 is 0. The van der Waals surface area contributed by atoms with Crippen molar-refractivity contribution in [3.8, 4) is 5.69 Å². The van der Waals surface area contributed by atoms with Crippen LogP contribution in [-0.4, -0.2) is 38.9 Å². The maximum absolute atomic E-state index is 12.6. The van der Waals surface area contributed by atoms with Gasteiger partial charge >= 0.3 is 0 Å². The summed E-state index contributed by atoms with van der Waals surface area (Å²) >= 11 is 0. The van der Waals surface area contributed by atoms with Gasteiger partial charge in [0.15, 0.2) is 5.69 Å². The molecule has 0 N–H and O–H groups in total. The molecule has 2 heterocycles. The van der Waals surface area contributed by atoms with E-state index in [2.05, 4.69) is 17.1 Å². The molecule has 1 aromatic carbocycles. The van der Waals surface area contributed by atoms with Crippen molar-refractivity contribution < 1.29 is 4.79 Å². The lowest BCUT2D eigenvalue weighted by Crippen LogP contribution is -2.39. The molecule has 0 aliphatic carbocycles. The fourth-order valence-corrected chi connectivity index (χ4v) is 2.78. The Morgan fingerprint density at radius 1 is 1.24 bits per heavy atom. The van der Waals surface area contributed by atoms with Gasteiger partial charge in [-0.15, -0.1) is 5.10 Å². The fraction of sp³-hybridized carbons (Fsp3) is 0.438. The lowest BCUT2D eigenvalue weighted by Gasteiger charge is -2.30. The van der Waals surface area contributed by atoms with Crippen molar-refractivity contribution in [2.45, 2.75) is 26.7 Å². The van der Waals surface area contributed by atoms with Gasteiger partial charge in [-0.2, -0.15) is 9.90 Å². The lowest BCUT2D eigenvalue weighted by atomic mass is 10.00. The summed E-state index contributed by atoms with van der Waals surface area (Å²) in [5.74, 6) is 0.563. The summed E-state index contributed by atoms with van der Waals surface area (Å²) in [7, 11) is 0. The highest BCUT2D eigenvalue weighted by Crippen LogP contribution is 2.18. The number of hydrogen-bond acceptors (Lipinski definition) is 3. The number of carbonyl (C=O) groups is 1. The Balaban J connectivity index is 1.86. The quantitative estimate of drug-likeness (QED) is 0.851. The van der Waals surface area contributed by atoms with Crippen molar-refractivity contribution in [2.24, 2.45) is 5.92 Å². The first-order valence-corrected chi connectivity index (χ1v) is 7.44. The van der Waals surface area contributed by atoms with Crippen LogP contribution < -0.4 is 0 Å². The predicted molar refractivity (Wildman–Crippen MR) is 80.4 cm³/mol. The molecule has 0 spiro atoms. The van der Waals surface area contributed by atoms with Gasteiger partial charge in [-0.1, -0.05) is 25.1 Å². The van der Waals surface area contributed by atoms with Gasteiger partial charge in [0, 0.05) is 13.1 Å². The second-order valence-corrected chi connectivity index (χ2v) is 5.76. The van der Waals surface area contributed by atoms with E-state index < -0.39 is 0 Å². The van der Waals surface area contributed by atoms with E-state index in [4.69, 9.17) is 0 Å². The molecule has 1 fully saturated rings. The van der Waals surface area contributed by atoms with Gasteiger partial charge in [0.1, 0.15) is 0 Å². The highest BCUT2D eigenvalue weighted by molar-refractivity contribution is 5.93. The minimum atomic E-state index is 0.00114. The summed E-state index contributed by atoms with van der Waals surface area (Å²) in [5, 5.41) is 8.77. The van der Waals surface area contributed by atoms with Crippen molar-refractivity contribution in [1.82, 2.24) is 19.9 Å². The van der Waals surface area contributed by atoms with Crippen LogP contribution in [0.5, 0.6) is 0 Å². The van der Waals surface area contributed by atoms with E-state index in [1.165, 1.54) is 11.2 Å². The number of aromatic nitrogens is 3. The van der Waals surface area contributed by atoms with E-state index in [0.29, 0.717) is 17.3 Å². The van der Waals surface area contributed by atoms with E-state index in [9.17, 15) is 4.79 Å². The summed E-state index contributed by atoms with van der Waals surface area (Å²) in [6, 6.07) is 9.66. The van der Waals surface area contributed by atoms with Gasteiger partial charge in [0.2, 0.25) is 0 Å². The molecule has 0 unspecified atom stereocenters. The van der Waals surface area contributed by atoms with Crippen LogP contribution in [0, 0.1) is 12.8 Å². The number of likely N-dealkylation sites (tertiary alicyclic amines) is 1. The Morgan fingerprint density at radius 2 is 2.00 bits per heavy atom. The molecule has 0 saturated carbocycles. The van der Waals surface area contributed by atoms with Gasteiger partial charge < -0.3 is 4.90 Å². The third-order valence-corrected chi connectivity index (χ3v) is 3.92. The van der Waals surface area contributed by atoms with E-state index in [-0.39, 0.29) is 5.91 Å². The minimum Gasteiger partial charge on any atom is -0.337 e. The number of amides is 1. The first kappa shape index (κ1) is 13.8. The van der Waals surface area contributed by atoms with Crippen molar-refractivity contribution in [2.75, 3.05) is 13.1 Å². The Morgan fingerprint density at radius 3 is 2.71 bits per heavy atom. The Labute approximate surface area is 124 Å². The molecule has 5 nitrogen and oxygen atoms in total. The van der Waals surface area contributed by atoms with Crippen molar-refractivity contribution >= 4 is 5.91 Å². The molecule has 1 aliphatic rings. The highest BCUT2D eigenvalue weighted by atomic mass is 16.2. The molecule has 1 aliphatic heterocycles. The average Bonchev–Trinajstić information content (AvgIpc) is 2.89. The van der Waals surface area contributed by atoms with E-state index >= 15 is 0 Å². The number of para-hydroxylation sites is 1. The van der Waals surface area contributed by atoms with Gasteiger partial charge in [-0.3, -0.25) is 4.79 Å². The zero-order valence-electron chi connectivity index (χ0n) is 12.5. The normalized spacial score (nSPS) is 18.8. The van der Waals surface area contributed by atoms with Crippen LogP contribution in [0.25, 0.3) is 5.69 Å². The zero-order chi connectivity index (χ0) is 14.8. The lowest BCUT2D eigenvalue weighted by molar-refractivity contribution is 0.0676. The second kappa shape index (κ2) is 5.68. The molecule has 1 aromatic heterocycles. The summed E-state index contributed by atoms with van der Waals surface area (Å²) in [4.78, 5) is 16.1. The third-order valence-electron chi connectivity index (χ3n) is 3.92. The SMILES string of the molecule is Cc1nn(-c2ccccc2)nc1C(=O)N1CCC[C@@H](C)C1. The highest BCUT2D eigenvalue weighted by Gasteiger charge is 2.26. The molecule has 0 bridgehead atoms. The number of nitrogens with zero attached hydrogens (tertiary/aromatic N) is 4. The number of aryl methyl sites for hydroxylation is 1. The van der Waals surface area contributed by atoms with E-state index in [1.807, 2.05) is 42.2 Å². The van der Waals surface area contributed by atoms with Crippen LogP contribution in [0.4, 0.5) is 0 Å². The standard InChI is InChI=1S/C16H20N4O/c1-12-7-6-10-19(11-12)16(21)15-13(2)17-20(18-15)14-8-4-3-5-9-14/h3-5,8-9,12H,6-7,10-11H2,1-2H3/t12-/m1/s1. The molecule has 21 heavy (non-hydrogen) atoms. The Bertz CT molecular complexity index is 635. The van der Waals surface area contributed by atoms with Crippen LogP contribution in [0.1, 0.15) is 35.9 Å². The number of piperidine rings is 1. The van der Waals surface area contributed by atoms with Crippen LogP contribution in [0.15, 0.2) is 30.3 Å². The van der Waals surface area contributed by atoms with Crippen LogP contribution in [0.3, 0.4) is 0 Å². The maximum atomic E-state index is 12.6. The van der Waals surface area contributed by atoms with Crippen LogP contribution in [0.2, 0.25) is 0 Å². The van der Waals surface area contributed by atoms with Crippen molar-refractivity contribution in [3.63, 3.8) is 0 Å². The average molecular weight is 284 g/mol. The van der Waals surface area contributed by atoms with Crippen molar-refractivity contribution in [3.05, 3.63) is 41.7 Å². The minimum absolute atomic E-state index is 0.00114. The zero-order valence-corrected chi connectivity index (χ0v) is 12.5. The number of hydrogen-bond donors (Lipinski definition) is 0. The Hall–Kier alpha value is -2.17. The molecule has 1 atom stereocenters. The molecular weight excluding hydrogens is 264 g/mol. The largest absolute Gasteiger partial charge is 0.337 e. The van der Waals surface area contributed by atoms with Gasteiger partial charge in [-0.05, 0) is 37.8 Å². The summed E-state index contributed by atoms with van der Waals surface area (Å²) in [5.41, 5.74) is 2.02. The van der Waals surface area contributed by atoms with Gasteiger partial charge in [0.25, 0.3) is 5.91 Å². The summed E-state index contributed by atoms with van der Waals surface area (Å²) in [6.45, 7) is 5.66. The number of benzene rings is 1. The Kier molecular flexibility index (Phi) is 3.73. The third kappa shape index (κ3) is 2.82. The molecular formula is C16H20N4O. The van der Waals surface area contributed by atoms with E-state index in [1.54, 1.807) is 0 Å². The predicted octanol–water partition coefficient (Wildman–Crippen LogP) is 2.45. The second-order valence-electron chi connectivity index (χ2n) is 5.76. The van der Waals surface area contributed by atoms with E-state index in [0.717, 1.165) is 25.2 Å². The maximum Gasteiger partial charge on any atom is 0.276 e. The van der Waals surface area contributed by atoms with Gasteiger partial charge in [0.05, 0.1) is 11.4 Å². The molecule has 0 radical (unpaired) electrons. The topological polar surface area (TPSA) is 51.0 Å². The first-order chi connectivity index (χ1) is 10.1. The van der Waals surface area contributed by atoms with Crippen molar-refractivity contribution in [1.29, 1.82) is 0 Å². The smallest absolute Gasteiger partial charge is 0.276 e. The van der Waals surface area contributed by atoms with Crippen LogP contribution in [-0.2, 0) is 0 Å². The molecule has 3 rings (SSSR count). The molecule has 1 saturated heterocycles. The summed E-state index contributed by atoms with van der Waals surface area (Å²) in [6.07, 6.45) is 2.26. The number of carbonyl (C=O) groups excluding carboxylic acids is 1. The van der Waals surface area contributed by atoms with Gasteiger partial charge in [-0.25, -0.2) is 0 Å².